The Labute approximate surface area is 126 Å². The first-order valence-corrected chi connectivity index (χ1v) is 7.84. The summed E-state index contributed by atoms with van der Waals surface area (Å²) >= 11 is 0. The van der Waals surface area contributed by atoms with E-state index >= 15 is 0 Å². The van der Waals surface area contributed by atoms with Gasteiger partial charge in [-0.05, 0) is 48.9 Å². The van der Waals surface area contributed by atoms with Gasteiger partial charge in [0.25, 0.3) is 0 Å². The van der Waals surface area contributed by atoms with Crippen LogP contribution >= 0.6 is 0 Å². The second-order valence-corrected chi connectivity index (χ2v) is 5.89. The average Bonchev–Trinajstić information content (AvgIpc) is 2.93. The van der Waals surface area contributed by atoms with E-state index in [4.69, 9.17) is 0 Å². The van der Waals surface area contributed by atoms with Crippen molar-refractivity contribution >= 4 is 0 Å². The lowest BCUT2D eigenvalue weighted by molar-refractivity contribution is 0.363. The van der Waals surface area contributed by atoms with Crippen LogP contribution in [0.4, 0.5) is 4.39 Å². The molecule has 110 valence electrons. The largest absolute Gasteiger partial charge is 0.310 e. The molecule has 1 aliphatic carbocycles. The number of nitrogens with one attached hydrogen (secondary N) is 1. The van der Waals surface area contributed by atoms with E-state index in [0.717, 1.165) is 31.4 Å². The summed E-state index contributed by atoms with van der Waals surface area (Å²) in [5.74, 6) is 0.341. The summed E-state index contributed by atoms with van der Waals surface area (Å²) in [4.78, 5) is 0. The SMILES string of the molecule is CCCNC(c1ccccc1F)C1Cc2ccccc2C1. The molecule has 2 heteroatoms. The Balaban J connectivity index is 1.86. The van der Waals surface area contributed by atoms with Crippen LogP contribution in [0, 0.1) is 11.7 Å². The smallest absolute Gasteiger partial charge is 0.127 e. The van der Waals surface area contributed by atoms with Crippen LogP contribution in [-0.4, -0.2) is 6.54 Å². The van der Waals surface area contributed by atoms with Crippen molar-refractivity contribution in [2.75, 3.05) is 6.54 Å². The molecule has 0 aromatic heterocycles. The Morgan fingerprint density at radius 3 is 2.29 bits per heavy atom. The number of fused-ring (bicyclic) bond motifs is 1. The summed E-state index contributed by atoms with van der Waals surface area (Å²) < 4.78 is 14.2. The van der Waals surface area contributed by atoms with Crippen LogP contribution in [0.1, 0.15) is 36.1 Å². The van der Waals surface area contributed by atoms with E-state index in [2.05, 4.69) is 36.5 Å². The molecule has 0 spiro atoms. The van der Waals surface area contributed by atoms with Crippen molar-refractivity contribution < 1.29 is 4.39 Å². The van der Waals surface area contributed by atoms with Crippen LogP contribution in [0.15, 0.2) is 48.5 Å². The maximum Gasteiger partial charge on any atom is 0.127 e. The van der Waals surface area contributed by atoms with Gasteiger partial charge in [0, 0.05) is 11.6 Å². The summed E-state index contributed by atoms with van der Waals surface area (Å²) in [6.45, 7) is 3.07. The van der Waals surface area contributed by atoms with Gasteiger partial charge in [-0.25, -0.2) is 4.39 Å². The molecule has 0 aliphatic heterocycles. The topological polar surface area (TPSA) is 12.0 Å². The first kappa shape index (κ1) is 14.3. The number of halogens is 1. The fraction of sp³-hybridized carbons (Fsp3) is 0.368. The van der Waals surface area contributed by atoms with Gasteiger partial charge in [0.05, 0.1) is 0 Å². The minimum absolute atomic E-state index is 0.0953. The summed E-state index contributed by atoms with van der Waals surface area (Å²) in [6, 6.07) is 15.9. The van der Waals surface area contributed by atoms with Crippen molar-refractivity contribution in [3.8, 4) is 0 Å². The van der Waals surface area contributed by atoms with E-state index in [-0.39, 0.29) is 11.9 Å². The molecule has 0 radical (unpaired) electrons. The molecule has 0 heterocycles. The van der Waals surface area contributed by atoms with Crippen LogP contribution in [0.5, 0.6) is 0 Å². The maximum atomic E-state index is 14.2. The standard InChI is InChI=1S/C19H22FN/c1-2-11-21-19(17-9-5-6-10-18(17)20)16-12-14-7-3-4-8-15(14)13-16/h3-10,16,19,21H,2,11-13H2,1H3. The minimum Gasteiger partial charge on any atom is -0.310 e. The van der Waals surface area contributed by atoms with Gasteiger partial charge in [0.15, 0.2) is 0 Å². The highest BCUT2D eigenvalue weighted by Gasteiger charge is 2.30. The molecule has 1 nitrogen and oxygen atoms in total. The van der Waals surface area contributed by atoms with Crippen molar-refractivity contribution in [2.45, 2.75) is 32.2 Å². The van der Waals surface area contributed by atoms with Crippen molar-refractivity contribution in [2.24, 2.45) is 5.92 Å². The fourth-order valence-electron chi connectivity index (χ4n) is 3.39. The Bertz CT molecular complexity index is 583. The average molecular weight is 283 g/mol. The molecule has 0 saturated heterocycles. The number of benzene rings is 2. The van der Waals surface area contributed by atoms with Crippen LogP contribution in [0.2, 0.25) is 0 Å². The molecule has 1 atom stereocenters. The molecule has 1 N–H and O–H groups in total. The number of hydrogen-bond acceptors (Lipinski definition) is 1. The van der Waals surface area contributed by atoms with E-state index in [9.17, 15) is 4.39 Å². The molecule has 0 saturated carbocycles. The lowest BCUT2D eigenvalue weighted by Gasteiger charge is -2.25. The molecule has 3 rings (SSSR count). The molecule has 1 aliphatic rings. The van der Waals surface area contributed by atoms with E-state index in [1.165, 1.54) is 11.1 Å². The lowest BCUT2D eigenvalue weighted by Crippen LogP contribution is -2.30. The zero-order valence-corrected chi connectivity index (χ0v) is 12.5. The molecule has 0 bridgehead atoms. The molecule has 2 aromatic carbocycles. The third-order valence-corrected chi connectivity index (χ3v) is 4.41. The zero-order valence-electron chi connectivity index (χ0n) is 12.5. The maximum absolute atomic E-state index is 14.2. The molecular weight excluding hydrogens is 261 g/mol. The van der Waals surface area contributed by atoms with Gasteiger partial charge in [0.1, 0.15) is 5.82 Å². The third kappa shape index (κ3) is 3.01. The molecule has 0 amide bonds. The van der Waals surface area contributed by atoms with Crippen molar-refractivity contribution in [1.29, 1.82) is 0 Å². The molecule has 2 aromatic rings. The van der Waals surface area contributed by atoms with Gasteiger partial charge >= 0.3 is 0 Å². The van der Waals surface area contributed by atoms with Gasteiger partial charge in [-0.15, -0.1) is 0 Å². The summed E-state index contributed by atoms with van der Waals surface area (Å²) in [7, 11) is 0. The second-order valence-electron chi connectivity index (χ2n) is 5.89. The van der Waals surface area contributed by atoms with Gasteiger partial charge in [-0.1, -0.05) is 49.4 Å². The lowest BCUT2D eigenvalue weighted by atomic mass is 9.90. The first-order valence-electron chi connectivity index (χ1n) is 7.84. The van der Waals surface area contributed by atoms with Gasteiger partial charge in [-0.2, -0.15) is 0 Å². The highest BCUT2D eigenvalue weighted by molar-refractivity contribution is 5.34. The highest BCUT2D eigenvalue weighted by atomic mass is 19.1. The summed E-state index contributed by atoms with van der Waals surface area (Å²) in [6.07, 6.45) is 3.13. The molecule has 1 unspecified atom stereocenters. The van der Waals surface area contributed by atoms with Crippen LogP contribution in [0.25, 0.3) is 0 Å². The normalized spacial score (nSPS) is 15.9. The Morgan fingerprint density at radius 1 is 1.05 bits per heavy atom. The fourth-order valence-corrected chi connectivity index (χ4v) is 3.39. The monoisotopic (exact) mass is 283 g/mol. The predicted molar refractivity (Wildman–Crippen MR) is 84.8 cm³/mol. The van der Waals surface area contributed by atoms with Crippen LogP contribution in [-0.2, 0) is 12.8 Å². The molecule has 21 heavy (non-hydrogen) atoms. The molecular formula is C19H22FN. The zero-order chi connectivity index (χ0) is 14.7. The minimum atomic E-state index is -0.0953. The van der Waals surface area contributed by atoms with Crippen molar-refractivity contribution in [3.63, 3.8) is 0 Å². The van der Waals surface area contributed by atoms with Crippen molar-refractivity contribution in [3.05, 3.63) is 71.0 Å². The van der Waals surface area contributed by atoms with Crippen molar-refractivity contribution in [1.82, 2.24) is 5.32 Å². The summed E-state index contributed by atoms with van der Waals surface area (Å²) in [5, 5.41) is 3.56. The summed E-state index contributed by atoms with van der Waals surface area (Å²) in [5.41, 5.74) is 3.65. The van der Waals surface area contributed by atoms with E-state index in [0.29, 0.717) is 5.92 Å². The van der Waals surface area contributed by atoms with E-state index < -0.39 is 0 Å². The first-order chi connectivity index (χ1) is 10.3. The Morgan fingerprint density at radius 2 is 1.67 bits per heavy atom. The quantitative estimate of drug-likeness (QED) is 0.863. The van der Waals surface area contributed by atoms with Gasteiger partial charge in [0.2, 0.25) is 0 Å². The number of rotatable bonds is 5. The molecule has 0 fully saturated rings. The predicted octanol–water partition coefficient (Wildman–Crippen LogP) is 4.28. The van der Waals surface area contributed by atoms with Gasteiger partial charge in [-0.3, -0.25) is 0 Å². The Kier molecular flexibility index (Phi) is 4.35. The van der Waals surface area contributed by atoms with Crippen LogP contribution in [0.3, 0.4) is 0 Å². The highest BCUT2D eigenvalue weighted by Crippen LogP contribution is 2.36. The number of hydrogen-bond donors (Lipinski definition) is 1. The van der Waals surface area contributed by atoms with E-state index in [1.54, 1.807) is 12.1 Å². The van der Waals surface area contributed by atoms with E-state index in [1.807, 2.05) is 12.1 Å². The van der Waals surface area contributed by atoms with Crippen LogP contribution < -0.4 is 5.32 Å². The Hall–Kier alpha value is -1.67. The second kappa shape index (κ2) is 6.40. The van der Waals surface area contributed by atoms with Gasteiger partial charge < -0.3 is 5.32 Å². The third-order valence-electron chi connectivity index (χ3n) is 4.41.